The highest BCUT2D eigenvalue weighted by molar-refractivity contribution is 7.09. The van der Waals surface area contributed by atoms with Gasteiger partial charge in [0.15, 0.2) is 6.61 Å². The molecule has 27 heavy (non-hydrogen) atoms. The SMILES string of the molecule is Cc1noc(C)c1C(=O)OCC(=O)c1cc(C)n(CCc2cccs2)c1C. The van der Waals surface area contributed by atoms with Gasteiger partial charge in [0.2, 0.25) is 5.78 Å². The van der Waals surface area contributed by atoms with Gasteiger partial charge in [-0.25, -0.2) is 4.79 Å². The maximum absolute atomic E-state index is 12.6. The number of carbonyl (C=O) groups excluding carboxylic acids is 2. The second-order valence-electron chi connectivity index (χ2n) is 6.46. The summed E-state index contributed by atoms with van der Waals surface area (Å²) in [6.45, 7) is 7.71. The highest BCUT2D eigenvalue weighted by Crippen LogP contribution is 2.19. The van der Waals surface area contributed by atoms with Crippen LogP contribution in [0, 0.1) is 27.7 Å². The van der Waals surface area contributed by atoms with Crippen molar-refractivity contribution in [3.8, 4) is 0 Å². The van der Waals surface area contributed by atoms with Gasteiger partial charge >= 0.3 is 5.97 Å². The van der Waals surface area contributed by atoms with E-state index >= 15 is 0 Å². The number of aryl methyl sites for hydroxylation is 4. The first-order valence-corrected chi connectivity index (χ1v) is 9.58. The number of nitrogens with zero attached hydrogens (tertiary/aromatic N) is 2. The minimum absolute atomic E-state index is 0.217. The van der Waals surface area contributed by atoms with E-state index in [0.717, 1.165) is 24.4 Å². The molecule has 0 bridgehead atoms. The van der Waals surface area contributed by atoms with Crippen molar-refractivity contribution in [1.29, 1.82) is 0 Å². The molecule has 0 aromatic carbocycles. The largest absolute Gasteiger partial charge is 0.454 e. The van der Waals surface area contributed by atoms with Gasteiger partial charge in [0.1, 0.15) is 11.3 Å². The fourth-order valence-electron chi connectivity index (χ4n) is 3.16. The maximum Gasteiger partial charge on any atom is 0.344 e. The highest BCUT2D eigenvalue weighted by atomic mass is 32.1. The minimum atomic E-state index is -0.592. The summed E-state index contributed by atoms with van der Waals surface area (Å²) in [5, 5.41) is 5.79. The van der Waals surface area contributed by atoms with Crippen LogP contribution in [0.15, 0.2) is 28.1 Å². The molecule has 3 aromatic rings. The Bertz CT molecular complexity index is 947. The van der Waals surface area contributed by atoms with Gasteiger partial charge < -0.3 is 13.8 Å². The van der Waals surface area contributed by atoms with Crippen molar-refractivity contribution in [2.24, 2.45) is 0 Å². The average molecular weight is 386 g/mol. The first-order chi connectivity index (χ1) is 12.9. The van der Waals surface area contributed by atoms with E-state index in [-0.39, 0.29) is 18.0 Å². The Balaban J connectivity index is 1.66. The molecule has 3 rings (SSSR count). The molecule has 0 amide bonds. The van der Waals surface area contributed by atoms with Crippen molar-refractivity contribution in [3.63, 3.8) is 0 Å². The molecule has 0 aliphatic heterocycles. The summed E-state index contributed by atoms with van der Waals surface area (Å²) >= 11 is 1.73. The molecule has 6 nitrogen and oxygen atoms in total. The number of rotatable bonds is 7. The lowest BCUT2D eigenvalue weighted by Gasteiger charge is -2.09. The second kappa shape index (κ2) is 7.92. The first-order valence-electron chi connectivity index (χ1n) is 8.70. The standard InChI is InChI=1S/C20H22N2O4S/c1-12-10-17(14(3)22(12)8-7-16-6-5-9-27-16)18(23)11-25-20(24)19-13(2)21-26-15(19)4/h5-6,9-10H,7-8,11H2,1-4H3. The lowest BCUT2D eigenvalue weighted by Crippen LogP contribution is -2.16. The number of hydrogen-bond acceptors (Lipinski definition) is 6. The minimum Gasteiger partial charge on any atom is -0.454 e. The van der Waals surface area contributed by atoms with Crippen LogP contribution >= 0.6 is 11.3 Å². The molecule has 0 N–H and O–H groups in total. The van der Waals surface area contributed by atoms with Crippen molar-refractivity contribution in [3.05, 3.63) is 62.4 Å². The van der Waals surface area contributed by atoms with Gasteiger partial charge in [-0.3, -0.25) is 4.79 Å². The fourth-order valence-corrected chi connectivity index (χ4v) is 3.86. The van der Waals surface area contributed by atoms with E-state index in [1.54, 1.807) is 25.2 Å². The van der Waals surface area contributed by atoms with Gasteiger partial charge in [0, 0.05) is 28.4 Å². The van der Waals surface area contributed by atoms with Crippen LogP contribution < -0.4 is 0 Å². The van der Waals surface area contributed by atoms with Crippen LogP contribution in [-0.2, 0) is 17.7 Å². The first kappa shape index (κ1) is 19.1. The number of Topliss-reactive ketones (excluding diaryl/α,β-unsaturated/α-hetero) is 1. The van der Waals surface area contributed by atoms with Crippen LogP contribution in [0.3, 0.4) is 0 Å². The van der Waals surface area contributed by atoms with Crippen molar-refractivity contribution >= 4 is 23.1 Å². The monoisotopic (exact) mass is 386 g/mol. The van der Waals surface area contributed by atoms with Crippen LogP contribution in [0.2, 0.25) is 0 Å². The summed E-state index contributed by atoms with van der Waals surface area (Å²) in [4.78, 5) is 26.1. The molecule has 0 radical (unpaired) electrons. The fraction of sp³-hybridized carbons (Fsp3) is 0.350. The zero-order valence-corrected chi connectivity index (χ0v) is 16.7. The van der Waals surface area contributed by atoms with E-state index in [1.165, 1.54) is 4.88 Å². The van der Waals surface area contributed by atoms with Crippen molar-refractivity contribution in [2.75, 3.05) is 6.61 Å². The van der Waals surface area contributed by atoms with E-state index in [0.29, 0.717) is 17.0 Å². The average Bonchev–Trinajstić information content (AvgIpc) is 3.32. The zero-order valence-electron chi connectivity index (χ0n) is 15.9. The van der Waals surface area contributed by atoms with E-state index in [4.69, 9.17) is 9.26 Å². The van der Waals surface area contributed by atoms with Gasteiger partial charge in [-0.15, -0.1) is 11.3 Å². The molecular formula is C20H22N2O4S. The molecule has 0 unspecified atom stereocenters. The number of aromatic nitrogens is 2. The molecule has 0 saturated heterocycles. The normalized spacial score (nSPS) is 11.0. The number of hydrogen-bond donors (Lipinski definition) is 0. The molecule has 0 saturated carbocycles. The Morgan fingerprint density at radius 1 is 1.26 bits per heavy atom. The molecule has 0 atom stereocenters. The van der Waals surface area contributed by atoms with Crippen LogP contribution in [0.4, 0.5) is 0 Å². The molecule has 0 aliphatic carbocycles. The number of ether oxygens (including phenoxy) is 1. The Kier molecular flexibility index (Phi) is 5.60. The summed E-state index contributed by atoms with van der Waals surface area (Å²) in [6.07, 6.45) is 0.919. The Morgan fingerprint density at radius 2 is 2.04 bits per heavy atom. The number of esters is 1. The lowest BCUT2D eigenvalue weighted by molar-refractivity contribution is 0.0472. The summed E-state index contributed by atoms with van der Waals surface area (Å²) in [6, 6.07) is 6.01. The van der Waals surface area contributed by atoms with Crippen LogP contribution in [0.5, 0.6) is 0 Å². The smallest absolute Gasteiger partial charge is 0.344 e. The van der Waals surface area contributed by atoms with Crippen molar-refractivity contribution < 1.29 is 18.8 Å². The lowest BCUT2D eigenvalue weighted by atomic mass is 10.1. The third-order valence-corrected chi connectivity index (χ3v) is 5.54. The molecule has 142 valence electrons. The highest BCUT2D eigenvalue weighted by Gasteiger charge is 2.22. The van der Waals surface area contributed by atoms with Crippen LogP contribution in [0.1, 0.15) is 48.4 Å². The van der Waals surface area contributed by atoms with Gasteiger partial charge in [-0.05, 0) is 51.6 Å². The van der Waals surface area contributed by atoms with Gasteiger partial charge in [0.25, 0.3) is 0 Å². The molecule has 3 heterocycles. The third-order valence-electron chi connectivity index (χ3n) is 4.61. The molecular weight excluding hydrogens is 364 g/mol. The van der Waals surface area contributed by atoms with Crippen molar-refractivity contribution in [2.45, 2.75) is 40.7 Å². The molecule has 0 fully saturated rings. The number of ketones is 1. The van der Waals surface area contributed by atoms with E-state index in [9.17, 15) is 9.59 Å². The molecule has 0 spiro atoms. The number of carbonyl (C=O) groups is 2. The topological polar surface area (TPSA) is 74.3 Å². The number of thiophene rings is 1. The third kappa shape index (κ3) is 4.03. The molecule has 3 aromatic heterocycles. The van der Waals surface area contributed by atoms with E-state index in [2.05, 4.69) is 21.2 Å². The summed E-state index contributed by atoms with van der Waals surface area (Å²) < 4.78 is 12.3. The summed E-state index contributed by atoms with van der Waals surface area (Å²) in [7, 11) is 0. The van der Waals surface area contributed by atoms with Crippen LogP contribution in [0.25, 0.3) is 0 Å². The second-order valence-corrected chi connectivity index (χ2v) is 7.50. The zero-order chi connectivity index (χ0) is 19.6. The predicted octanol–water partition coefficient (Wildman–Crippen LogP) is 4.05. The predicted molar refractivity (Wildman–Crippen MR) is 103 cm³/mol. The summed E-state index contributed by atoms with van der Waals surface area (Å²) in [5.41, 5.74) is 3.23. The molecule has 0 aliphatic rings. The van der Waals surface area contributed by atoms with Crippen molar-refractivity contribution in [1.82, 2.24) is 9.72 Å². The maximum atomic E-state index is 12.6. The Morgan fingerprint density at radius 3 is 2.67 bits per heavy atom. The Labute approximate surface area is 161 Å². The van der Waals surface area contributed by atoms with Gasteiger partial charge in [0.05, 0.1) is 5.69 Å². The quantitative estimate of drug-likeness (QED) is 0.452. The van der Waals surface area contributed by atoms with E-state index < -0.39 is 5.97 Å². The Hall–Kier alpha value is -2.67. The van der Waals surface area contributed by atoms with E-state index in [1.807, 2.05) is 26.0 Å². The molecule has 7 heteroatoms. The summed E-state index contributed by atoms with van der Waals surface area (Å²) in [5.74, 6) is -0.423. The van der Waals surface area contributed by atoms with Gasteiger partial charge in [-0.1, -0.05) is 11.2 Å². The van der Waals surface area contributed by atoms with Crippen LogP contribution in [-0.4, -0.2) is 28.1 Å². The van der Waals surface area contributed by atoms with Gasteiger partial charge in [-0.2, -0.15) is 0 Å².